The summed E-state index contributed by atoms with van der Waals surface area (Å²) in [5.74, 6) is -0.586. The number of hydrogen-bond donors (Lipinski definition) is 3. The Hall–Kier alpha value is -4.90. The smallest absolute Gasteiger partial charge is 0.272 e. The number of ether oxygens (including phenoxy) is 1. The number of aromatic nitrogens is 1. The molecule has 0 radical (unpaired) electrons. The van der Waals surface area contributed by atoms with Crippen molar-refractivity contribution in [2.45, 2.75) is 23.5 Å². The number of halogens is 1. The number of carbonyl (C=O) groups excluding carboxylic acids is 3. The van der Waals surface area contributed by atoms with Crippen molar-refractivity contribution in [3.8, 4) is 17.0 Å². The zero-order valence-electron chi connectivity index (χ0n) is 25.5. The summed E-state index contributed by atoms with van der Waals surface area (Å²) in [6.45, 7) is 1.93. The number of nitrogens with one attached hydrogen (secondary N) is 3. The Bertz CT molecular complexity index is 1910. The van der Waals surface area contributed by atoms with Crippen LogP contribution in [0.25, 0.3) is 17.3 Å². The monoisotopic (exact) mass is 682 g/mol. The van der Waals surface area contributed by atoms with Crippen molar-refractivity contribution in [2.24, 2.45) is 0 Å². The maximum absolute atomic E-state index is 13.6. The zero-order chi connectivity index (χ0) is 33.2. The van der Waals surface area contributed by atoms with Crippen molar-refractivity contribution < 1.29 is 19.1 Å². The van der Waals surface area contributed by atoms with Crippen LogP contribution in [0.1, 0.15) is 29.3 Å². The maximum Gasteiger partial charge on any atom is 0.272 e. The van der Waals surface area contributed by atoms with E-state index in [0.29, 0.717) is 44.8 Å². The molecule has 1 unspecified atom stereocenters. The summed E-state index contributed by atoms with van der Waals surface area (Å²) in [6.07, 6.45) is 2.13. The molecular formula is C36H31ClN4O4S2. The lowest BCUT2D eigenvalue weighted by atomic mass is 10.1. The van der Waals surface area contributed by atoms with Gasteiger partial charge < -0.3 is 20.7 Å². The van der Waals surface area contributed by atoms with Gasteiger partial charge in [-0.2, -0.15) is 0 Å². The van der Waals surface area contributed by atoms with Crippen molar-refractivity contribution in [1.82, 2.24) is 10.3 Å². The highest BCUT2D eigenvalue weighted by molar-refractivity contribution is 8.00. The number of amides is 3. The molecule has 47 heavy (non-hydrogen) atoms. The van der Waals surface area contributed by atoms with Gasteiger partial charge in [0.1, 0.15) is 11.4 Å². The molecule has 0 spiro atoms. The summed E-state index contributed by atoms with van der Waals surface area (Å²) in [5.41, 5.74) is 3.05. The van der Waals surface area contributed by atoms with Gasteiger partial charge in [-0.3, -0.25) is 14.4 Å². The number of carbonyl (C=O) groups is 3. The molecule has 1 atom stereocenters. The lowest BCUT2D eigenvalue weighted by Crippen LogP contribution is -2.30. The van der Waals surface area contributed by atoms with Crippen molar-refractivity contribution in [2.75, 3.05) is 17.7 Å². The lowest BCUT2D eigenvalue weighted by molar-refractivity contribution is -0.116. The minimum Gasteiger partial charge on any atom is -0.496 e. The normalized spacial score (nSPS) is 11.8. The molecule has 1 heterocycles. The molecular weight excluding hydrogens is 652 g/mol. The van der Waals surface area contributed by atoms with Crippen molar-refractivity contribution in [3.63, 3.8) is 0 Å². The highest BCUT2D eigenvalue weighted by atomic mass is 35.5. The van der Waals surface area contributed by atoms with Crippen LogP contribution in [-0.2, 0) is 9.59 Å². The van der Waals surface area contributed by atoms with Gasteiger partial charge >= 0.3 is 0 Å². The van der Waals surface area contributed by atoms with Crippen LogP contribution in [0.2, 0.25) is 5.02 Å². The van der Waals surface area contributed by atoms with Crippen LogP contribution < -0.4 is 20.7 Å². The van der Waals surface area contributed by atoms with E-state index in [1.807, 2.05) is 54.8 Å². The molecule has 8 nitrogen and oxygen atoms in total. The first-order valence-corrected chi connectivity index (χ1v) is 16.8. The van der Waals surface area contributed by atoms with Crippen molar-refractivity contribution in [3.05, 3.63) is 130 Å². The second kappa shape index (κ2) is 16.1. The van der Waals surface area contributed by atoms with E-state index in [1.54, 1.807) is 66.7 Å². The molecule has 0 saturated carbocycles. The number of hydrogen-bond acceptors (Lipinski definition) is 7. The van der Waals surface area contributed by atoms with Gasteiger partial charge in [0.2, 0.25) is 5.91 Å². The molecule has 238 valence electrons. The molecule has 0 saturated heterocycles. The summed E-state index contributed by atoms with van der Waals surface area (Å²) in [4.78, 5) is 45.2. The predicted molar refractivity (Wildman–Crippen MR) is 191 cm³/mol. The van der Waals surface area contributed by atoms with E-state index in [4.69, 9.17) is 16.3 Å². The quantitative estimate of drug-likeness (QED) is 0.0901. The Kier molecular flexibility index (Phi) is 11.5. The molecule has 4 aromatic carbocycles. The van der Waals surface area contributed by atoms with E-state index in [9.17, 15) is 14.4 Å². The average Bonchev–Trinajstić information content (AvgIpc) is 3.55. The fourth-order valence-electron chi connectivity index (χ4n) is 4.53. The lowest BCUT2D eigenvalue weighted by Gasteiger charge is -2.15. The molecule has 1 aromatic heterocycles. The number of thiazole rings is 1. The number of methoxy groups -OCH3 is 1. The van der Waals surface area contributed by atoms with Crippen LogP contribution in [0.3, 0.4) is 0 Å². The number of benzene rings is 4. The van der Waals surface area contributed by atoms with E-state index < -0.39 is 17.1 Å². The maximum atomic E-state index is 13.6. The minimum absolute atomic E-state index is 0.0341. The van der Waals surface area contributed by atoms with Gasteiger partial charge in [-0.15, -0.1) is 23.1 Å². The van der Waals surface area contributed by atoms with E-state index in [1.165, 1.54) is 30.2 Å². The second-order valence-corrected chi connectivity index (χ2v) is 12.7. The topological polar surface area (TPSA) is 109 Å². The van der Waals surface area contributed by atoms with Crippen LogP contribution in [0.5, 0.6) is 5.75 Å². The fraction of sp³-hybridized carbons (Fsp3) is 0.111. The summed E-state index contributed by atoms with van der Waals surface area (Å²) in [5, 5.41) is 11.1. The highest BCUT2D eigenvalue weighted by Crippen LogP contribution is 2.32. The predicted octanol–water partition coefficient (Wildman–Crippen LogP) is 8.39. The Morgan fingerprint density at radius 2 is 1.68 bits per heavy atom. The van der Waals surface area contributed by atoms with E-state index in [2.05, 4.69) is 20.9 Å². The summed E-state index contributed by atoms with van der Waals surface area (Å²) in [7, 11) is 1.54. The largest absolute Gasteiger partial charge is 0.496 e. The number of nitrogens with zero attached hydrogens (tertiary/aromatic N) is 1. The van der Waals surface area contributed by atoms with Gasteiger partial charge in [0, 0.05) is 37.7 Å². The number of rotatable bonds is 12. The molecule has 5 aromatic rings. The molecule has 3 N–H and O–H groups in total. The van der Waals surface area contributed by atoms with Gasteiger partial charge in [0.25, 0.3) is 11.8 Å². The third kappa shape index (κ3) is 8.88. The Morgan fingerprint density at radius 3 is 2.45 bits per heavy atom. The molecule has 0 bridgehead atoms. The van der Waals surface area contributed by atoms with E-state index in [0.717, 1.165) is 10.5 Å². The third-order valence-electron chi connectivity index (χ3n) is 6.89. The van der Waals surface area contributed by atoms with E-state index in [-0.39, 0.29) is 11.6 Å². The van der Waals surface area contributed by atoms with Gasteiger partial charge in [0.05, 0.1) is 18.1 Å². The Balaban J connectivity index is 1.29. The van der Waals surface area contributed by atoms with Crippen LogP contribution in [-0.4, -0.2) is 35.1 Å². The van der Waals surface area contributed by atoms with Gasteiger partial charge in [-0.1, -0.05) is 79.2 Å². The molecule has 0 aliphatic rings. The summed E-state index contributed by atoms with van der Waals surface area (Å²) in [6, 6.07) is 30.5. The average molecular weight is 683 g/mol. The van der Waals surface area contributed by atoms with Gasteiger partial charge in [0.15, 0.2) is 5.13 Å². The number of para-hydroxylation sites is 1. The van der Waals surface area contributed by atoms with Crippen LogP contribution >= 0.6 is 34.7 Å². The van der Waals surface area contributed by atoms with Crippen molar-refractivity contribution >= 4 is 69.3 Å². The summed E-state index contributed by atoms with van der Waals surface area (Å²) < 4.78 is 5.45. The molecule has 0 aliphatic carbocycles. The SMILES string of the molecule is CCC(Sc1cccc(NC(=O)/C(=C\c2ccccc2OC)NC(=O)c2ccccc2)c1)C(=O)Nc1nc(-c2ccccc2Cl)cs1. The molecule has 0 aliphatic heterocycles. The van der Waals surface area contributed by atoms with Crippen LogP contribution in [0, 0.1) is 0 Å². The van der Waals surface area contributed by atoms with Crippen LogP contribution in [0.15, 0.2) is 119 Å². The Morgan fingerprint density at radius 1 is 0.936 bits per heavy atom. The molecule has 3 amide bonds. The van der Waals surface area contributed by atoms with E-state index >= 15 is 0 Å². The second-order valence-electron chi connectivity index (χ2n) is 10.1. The number of thioether (sulfide) groups is 1. The molecule has 5 rings (SSSR count). The molecule has 0 fully saturated rings. The number of anilines is 2. The highest BCUT2D eigenvalue weighted by Gasteiger charge is 2.21. The minimum atomic E-state index is -0.523. The van der Waals surface area contributed by atoms with Gasteiger partial charge in [-0.05, 0) is 55.0 Å². The molecule has 11 heteroatoms. The standard InChI is InChI=1S/C36H31ClN4O4S2/c1-3-32(35(44)41-36-40-30(22-46-36)27-17-8-9-18-28(27)37)47-26-16-11-15-25(21-26)38-34(43)29(20-24-14-7-10-19-31(24)45-2)39-33(42)23-12-5-4-6-13-23/h4-22,32H,3H2,1-2H3,(H,38,43)(H,39,42)(H,40,41,44)/b29-20+. The Labute approximate surface area is 286 Å². The first kappa shape index (κ1) is 33.5. The zero-order valence-corrected chi connectivity index (χ0v) is 27.9. The first-order valence-electron chi connectivity index (χ1n) is 14.6. The first-order chi connectivity index (χ1) is 22.8. The van der Waals surface area contributed by atoms with Crippen LogP contribution in [0.4, 0.5) is 10.8 Å². The fourth-order valence-corrected chi connectivity index (χ4v) is 6.48. The van der Waals surface area contributed by atoms with Crippen molar-refractivity contribution in [1.29, 1.82) is 0 Å². The van der Waals surface area contributed by atoms with Gasteiger partial charge in [-0.25, -0.2) is 4.98 Å². The third-order valence-corrected chi connectivity index (χ3v) is 9.33. The summed E-state index contributed by atoms with van der Waals surface area (Å²) >= 11 is 9.03.